The molecule has 8 atom stereocenters. The molecule has 0 spiro atoms. The molecule has 0 bridgehead atoms. The molecule has 1 saturated heterocycles. The zero-order valence-corrected chi connectivity index (χ0v) is 13.8. The van der Waals surface area contributed by atoms with E-state index in [2.05, 4.69) is 25.9 Å². The van der Waals surface area contributed by atoms with E-state index in [1.54, 1.807) is 0 Å². The third kappa shape index (κ3) is 3.87. The monoisotopic (exact) mass is 308 g/mol. The summed E-state index contributed by atoms with van der Waals surface area (Å²) in [7, 11) is 4.77. The largest absolute Gasteiger partial charge is 0.368 e. The van der Waals surface area contributed by atoms with E-state index < -0.39 is 6.29 Å². The molecule has 6 heteroatoms. The molecule has 2 rings (SSSR count). The van der Waals surface area contributed by atoms with Crippen LogP contribution in [0.2, 0.25) is 0 Å². The van der Waals surface area contributed by atoms with Crippen LogP contribution in [0.15, 0.2) is 0 Å². The molecule has 0 aromatic heterocycles. The number of hydrogen-bond acceptors (Lipinski definition) is 4. The van der Waals surface area contributed by atoms with Crippen LogP contribution in [-0.2, 0) is 13.8 Å². The summed E-state index contributed by atoms with van der Waals surface area (Å²) in [4.78, 5) is 0. The van der Waals surface area contributed by atoms with E-state index in [-0.39, 0.29) is 12.2 Å². The average Bonchev–Trinajstić information content (AvgIpc) is 2.90. The van der Waals surface area contributed by atoms with Crippen LogP contribution in [0.3, 0.4) is 0 Å². The molecule has 1 aliphatic heterocycles. The third-order valence-corrected chi connectivity index (χ3v) is 5.31. The molecular weight excluding hydrogens is 282 g/mol. The molecule has 1 heterocycles. The first-order valence-electron chi connectivity index (χ1n) is 7.24. The molecule has 2 aliphatic rings. The van der Waals surface area contributed by atoms with E-state index in [0.717, 1.165) is 38.5 Å². The van der Waals surface area contributed by atoms with Gasteiger partial charge in [0.05, 0.1) is 18.3 Å². The van der Waals surface area contributed by atoms with Crippen LogP contribution in [0.1, 0.15) is 45.4 Å². The van der Waals surface area contributed by atoms with Gasteiger partial charge in [-0.3, -0.25) is 0 Å². The minimum Gasteiger partial charge on any atom is -0.368 e. The SMILES string of the molecule is CCC[C@@H](CC[C@@H]1[C@H]2CC(O)O[C@H]2C[C@H]1OP)OP. The van der Waals surface area contributed by atoms with Gasteiger partial charge in [0.2, 0.25) is 0 Å². The van der Waals surface area contributed by atoms with Gasteiger partial charge in [-0.1, -0.05) is 13.3 Å². The minimum absolute atomic E-state index is 0.173. The van der Waals surface area contributed by atoms with Gasteiger partial charge in [0.15, 0.2) is 6.29 Å². The summed E-state index contributed by atoms with van der Waals surface area (Å²) < 4.78 is 16.5. The lowest BCUT2D eigenvalue weighted by Crippen LogP contribution is -2.23. The Morgan fingerprint density at radius 1 is 1.32 bits per heavy atom. The smallest absolute Gasteiger partial charge is 0.155 e. The van der Waals surface area contributed by atoms with Crippen LogP contribution in [0.5, 0.6) is 0 Å². The zero-order chi connectivity index (χ0) is 13.8. The molecule has 1 saturated carbocycles. The molecule has 4 nitrogen and oxygen atoms in total. The molecule has 0 aromatic carbocycles. The lowest BCUT2D eigenvalue weighted by molar-refractivity contribution is -0.0939. The van der Waals surface area contributed by atoms with E-state index >= 15 is 0 Å². The predicted molar refractivity (Wildman–Crippen MR) is 80.4 cm³/mol. The van der Waals surface area contributed by atoms with Crippen LogP contribution >= 0.6 is 18.9 Å². The Morgan fingerprint density at radius 3 is 2.74 bits per heavy atom. The van der Waals surface area contributed by atoms with Crippen molar-refractivity contribution in [2.75, 3.05) is 0 Å². The second kappa shape index (κ2) is 7.64. The summed E-state index contributed by atoms with van der Waals surface area (Å²) >= 11 is 0. The van der Waals surface area contributed by atoms with Crippen molar-refractivity contribution in [3.63, 3.8) is 0 Å². The normalized spacial score (nSPS) is 39.5. The molecule has 112 valence electrons. The molecule has 19 heavy (non-hydrogen) atoms. The quantitative estimate of drug-likeness (QED) is 0.735. The zero-order valence-electron chi connectivity index (χ0n) is 11.5. The average molecular weight is 308 g/mol. The first-order chi connectivity index (χ1) is 9.19. The van der Waals surface area contributed by atoms with Crippen molar-refractivity contribution in [1.82, 2.24) is 0 Å². The molecule has 0 radical (unpaired) electrons. The summed E-state index contributed by atoms with van der Waals surface area (Å²) in [6, 6.07) is 0. The number of aliphatic hydroxyl groups is 1. The molecular formula is C13H26O4P2. The Bertz CT molecular complexity index is 279. The highest BCUT2D eigenvalue weighted by molar-refractivity contribution is 7.10. The summed E-state index contributed by atoms with van der Waals surface area (Å²) in [5, 5.41) is 9.62. The number of aliphatic hydroxyl groups excluding tert-OH is 1. The third-order valence-electron chi connectivity index (χ3n) is 4.58. The summed E-state index contributed by atoms with van der Waals surface area (Å²) in [6.07, 6.45) is 6.15. The van der Waals surface area contributed by atoms with E-state index in [1.165, 1.54) is 0 Å². The van der Waals surface area contributed by atoms with Crippen LogP contribution < -0.4 is 0 Å². The van der Waals surface area contributed by atoms with Crippen molar-refractivity contribution < 1.29 is 18.9 Å². The first kappa shape index (κ1) is 16.1. The molecule has 3 unspecified atom stereocenters. The fraction of sp³-hybridized carbons (Fsp3) is 1.00. The van der Waals surface area contributed by atoms with Gasteiger partial charge in [0.25, 0.3) is 0 Å². The van der Waals surface area contributed by atoms with E-state index in [9.17, 15) is 5.11 Å². The second-order valence-corrected chi connectivity index (χ2v) is 6.27. The molecule has 1 aliphatic carbocycles. The van der Waals surface area contributed by atoms with Gasteiger partial charge < -0.3 is 18.9 Å². The van der Waals surface area contributed by atoms with Crippen molar-refractivity contribution in [3.05, 3.63) is 0 Å². The first-order valence-corrected chi connectivity index (χ1v) is 8.18. The highest BCUT2D eigenvalue weighted by Gasteiger charge is 2.49. The Hall–Kier alpha value is 0.700. The van der Waals surface area contributed by atoms with E-state index in [4.69, 9.17) is 13.8 Å². The molecule has 1 N–H and O–H groups in total. The summed E-state index contributed by atoms with van der Waals surface area (Å²) in [5.41, 5.74) is 0. The summed E-state index contributed by atoms with van der Waals surface area (Å²) in [5.74, 6) is 0.909. The van der Waals surface area contributed by atoms with Gasteiger partial charge in [0.1, 0.15) is 0 Å². The van der Waals surface area contributed by atoms with Crippen molar-refractivity contribution in [2.24, 2.45) is 11.8 Å². The summed E-state index contributed by atoms with van der Waals surface area (Å²) in [6.45, 7) is 2.18. The maximum absolute atomic E-state index is 9.62. The minimum atomic E-state index is -0.577. The Morgan fingerprint density at radius 2 is 2.11 bits per heavy atom. The van der Waals surface area contributed by atoms with E-state index in [0.29, 0.717) is 17.9 Å². The maximum atomic E-state index is 9.62. The van der Waals surface area contributed by atoms with Crippen molar-refractivity contribution in [2.45, 2.75) is 70.1 Å². The van der Waals surface area contributed by atoms with Crippen LogP contribution in [0.25, 0.3) is 0 Å². The van der Waals surface area contributed by atoms with Gasteiger partial charge in [0, 0.05) is 31.8 Å². The number of rotatable bonds is 7. The standard InChI is InChI=1S/C13H26O4P2/c1-2-3-8(16-18)4-5-9-10-6-13(14)15-11(10)7-12(9)17-19/h8-14H,2-7,18-19H2,1H3/t8-,9+,10+,11-,12+,13?/m0/s1. The topological polar surface area (TPSA) is 47.9 Å². The van der Waals surface area contributed by atoms with Crippen LogP contribution in [-0.4, -0.2) is 29.7 Å². The van der Waals surface area contributed by atoms with Gasteiger partial charge >= 0.3 is 0 Å². The Balaban J connectivity index is 1.89. The Labute approximate surface area is 120 Å². The van der Waals surface area contributed by atoms with Crippen molar-refractivity contribution in [1.29, 1.82) is 0 Å². The van der Waals surface area contributed by atoms with Gasteiger partial charge in [-0.2, -0.15) is 0 Å². The number of hydrogen-bond donors (Lipinski definition) is 1. The van der Waals surface area contributed by atoms with Crippen molar-refractivity contribution in [3.8, 4) is 0 Å². The molecule has 0 amide bonds. The Kier molecular flexibility index (Phi) is 6.46. The highest BCUT2D eigenvalue weighted by Crippen LogP contribution is 2.46. The molecule has 0 aromatic rings. The van der Waals surface area contributed by atoms with Gasteiger partial charge in [-0.25, -0.2) is 0 Å². The fourth-order valence-electron chi connectivity index (χ4n) is 3.64. The molecule has 2 fully saturated rings. The fourth-order valence-corrected chi connectivity index (χ4v) is 4.23. The lowest BCUT2D eigenvalue weighted by Gasteiger charge is -2.24. The van der Waals surface area contributed by atoms with Gasteiger partial charge in [-0.15, -0.1) is 0 Å². The van der Waals surface area contributed by atoms with Crippen molar-refractivity contribution >= 4 is 18.9 Å². The van der Waals surface area contributed by atoms with E-state index in [1.807, 2.05) is 0 Å². The van der Waals surface area contributed by atoms with Gasteiger partial charge in [-0.05, 0) is 31.1 Å². The second-order valence-electron chi connectivity index (χ2n) is 5.73. The van der Waals surface area contributed by atoms with Crippen LogP contribution in [0, 0.1) is 11.8 Å². The maximum Gasteiger partial charge on any atom is 0.155 e. The predicted octanol–water partition coefficient (Wildman–Crippen LogP) is 2.66. The number of ether oxygens (including phenoxy) is 1. The number of fused-ring (bicyclic) bond motifs is 1. The highest BCUT2D eigenvalue weighted by atomic mass is 31.0. The van der Waals surface area contributed by atoms with Crippen LogP contribution in [0.4, 0.5) is 0 Å². The lowest BCUT2D eigenvalue weighted by atomic mass is 9.87.